The highest BCUT2D eigenvalue weighted by Crippen LogP contribution is 2.30. The number of aliphatic hydroxyl groups is 1. The molecule has 0 bridgehead atoms. The van der Waals surface area contributed by atoms with Crippen LogP contribution in [-0.2, 0) is 4.74 Å². The summed E-state index contributed by atoms with van der Waals surface area (Å²) < 4.78 is 18.7. The van der Waals surface area contributed by atoms with E-state index in [4.69, 9.17) is 15.6 Å². The summed E-state index contributed by atoms with van der Waals surface area (Å²) in [6.07, 6.45) is 0.854. The third-order valence-corrected chi connectivity index (χ3v) is 3.35. The van der Waals surface area contributed by atoms with Gasteiger partial charge in [0, 0.05) is 12.0 Å². The smallest absolute Gasteiger partial charge is 0.181 e. The minimum absolute atomic E-state index is 0.0704. The van der Waals surface area contributed by atoms with Crippen LogP contribution in [0.2, 0.25) is 0 Å². The molecule has 2 aliphatic heterocycles. The highest BCUT2D eigenvalue weighted by atomic mass is 32.2. The average molecular weight is 245 g/mol. The summed E-state index contributed by atoms with van der Waals surface area (Å²) in [7, 11) is 0. The van der Waals surface area contributed by atoms with Crippen LogP contribution in [0.1, 0.15) is 0 Å². The largest absolute Gasteiger partial charge is 0.393 e. The zero-order valence-corrected chi connectivity index (χ0v) is 9.28. The summed E-state index contributed by atoms with van der Waals surface area (Å²) in [5.41, 5.74) is 5.04. The lowest BCUT2D eigenvalue weighted by Crippen LogP contribution is -2.35. The maximum absolute atomic E-state index is 13.2. The number of aliphatic imine (C=N–C) groups is 1. The van der Waals surface area contributed by atoms with Gasteiger partial charge in [-0.05, 0) is 0 Å². The van der Waals surface area contributed by atoms with Crippen LogP contribution in [0.25, 0.3) is 0 Å². The normalized spacial score (nSPS) is 30.4. The monoisotopic (exact) mass is 245 g/mol. The first kappa shape index (κ1) is 11.4. The van der Waals surface area contributed by atoms with E-state index in [1.807, 2.05) is 0 Å². The van der Waals surface area contributed by atoms with E-state index in [1.165, 1.54) is 22.9 Å². The second-order valence-corrected chi connectivity index (χ2v) is 4.53. The third-order valence-electron chi connectivity index (χ3n) is 2.24. The fourth-order valence-corrected chi connectivity index (χ4v) is 2.38. The Labute approximate surface area is 96.5 Å². The number of hydrogen-bond acceptors (Lipinski definition) is 6. The average Bonchev–Trinajstić information content (AvgIpc) is 2.71. The maximum Gasteiger partial charge on any atom is 0.181 e. The molecular weight excluding hydrogens is 233 g/mol. The van der Waals surface area contributed by atoms with Crippen molar-refractivity contribution < 1.29 is 14.2 Å². The second kappa shape index (κ2) is 4.44. The Morgan fingerprint density at radius 1 is 1.81 bits per heavy atom. The summed E-state index contributed by atoms with van der Waals surface area (Å²) >= 11 is 1.46. The van der Waals surface area contributed by atoms with E-state index in [9.17, 15) is 4.39 Å². The predicted molar refractivity (Wildman–Crippen MR) is 60.0 cm³/mol. The molecule has 88 valence electrons. The molecule has 0 aliphatic carbocycles. The molecule has 0 saturated carbocycles. The number of halogens is 1. The Hall–Kier alpha value is -1.05. The first-order chi connectivity index (χ1) is 7.61. The molecule has 16 heavy (non-hydrogen) atoms. The summed E-state index contributed by atoms with van der Waals surface area (Å²) in [6, 6.07) is 0. The van der Waals surface area contributed by atoms with Crippen LogP contribution in [0.3, 0.4) is 0 Å². The lowest BCUT2D eigenvalue weighted by Gasteiger charge is -2.28. The molecule has 5 nitrogen and oxygen atoms in total. The van der Waals surface area contributed by atoms with Crippen LogP contribution < -0.4 is 5.73 Å². The molecule has 2 atom stereocenters. The first-order valence-electron chi connectivity index (χ1n) is 4.69. The van der Waals surface area contributed by atoms with Gasteiger partial charge in [-0.15, -0.1) is 11.8 Å². The van der Waals surface area contributed by atoms with Crippen molar-refractivity contribution in [1.29, 1.82) is 0 Å². The van der Waals surface area contributed by atoms with Crippen molar-refractivity contribution in [3.05, 3.63) is 24.4 Å². The summed E-state index contributed by atoms with van der Waals surface area (Å²) in [5, 5.41) is 8.92. The van der Waals surface area contributed by atoms with Crippen molar-refractivity contribution in [3.8, 4) is 0 Å². The number of amidine groups is 1. The van der Waals surface area contributed by atoms with E-state index in [0.29, 0.717) is 11.6 Å². The van der Waals surface area contributed by atoms with Gasteiger partial charge < -0.3 is 20.5 Å². The molecule has 0 radical (unpaired) electrons. The van der Waals surface area contributed by atoms with Gasteiger partial charge in [0.05, 0.1) is 6.61 Å². The van der Waals surface area contributed by atoms with E-state index < -0.39 is 5.83 Å². The van der Waals surface area contributed by atoms with Gasteiger partial charge in [0.1, 0.15) is 17.5 Å². The van der Waals surface area contributed by atoms with Crippen LogP contribution in [0.15, 0.2) is 29.4 Å². The maximum atomic E-state index is 13.2. The molecule has 0 amide bonds. The number of thioether (sulfide) groups is 1. The van der Waals surface area contributed by atoms with Crippen LogP contribution in [0.5, 0.6) is 0 Å². The molecular formula is C9H12FN3O2S. The molecule has 0 spiro atoms. The first-order valence-corrected chi connectivity index (χ1v) is 5.73. The van der Waals surface area contributed by atoms with Crippen LogP contribution in [0, 0.1) is 0 Å². The van der Waals surface area contributed by atoms with Crippen LogP contribution >= 0.6 is 11.8 Å². The highest BCUT2D eigenvalue weighted by Gasteiger charge is 2.32. The van der Waals surface area contributed by atoms with Crippen LogP contribution in [-0.4, -0.2) is 39.9 Å². The Bertz CT molecular complexity index is 372. The summed E-state index contributed by atoms with van der Waals surface area (Å²) in [4.78, 5) is 5.25. The Kier molecular flexibility index (Phi) is 3.17. The predicted octanol–water partition coefficient (Wildman–Crippen LogP) is 0.349. The fourth-order valence-electron chi connectivity index (χ4n) is 1.45. The van der Waals surface area contributed by atoms with Gasteiger partial charge in [0.15, 0.2) is 11.7 Å². The number of ether oxygens (including phenoxy) is 1. The Morgan fingerprint density at radius 2 is 2.56 bits per heavy atom. The van der Waals surface area contributed by atoms with Crippen molar-refractivity contribution in [2.24, 2.45) is 10.7 Å². The Morgan fingerprint density at radius 3 is 3.19 bits per heavy atom. The van der Waals surface area contributed by atoms with Gasteiger partial charge >= 0.3 is 0 Å². The van der Waals surface area contributed by atoms with Crippen molar-refractivity contribution >= 4 is 17.6 Å². The Balaban J connectivity index is 2.09. The highest BCUT2D eigenvalue weighted by molar-refractivity contribution is 8.00. The van der Waals surface area contributed by atoms with Gasteiger partial charge in [-0.2, -0.15) is 0 Å². The van der Waals surface area contributed by atoms with Gasteiger partial charge in [-0.25, -0.2) is 9.38 Å². The van der Waals surface area contributed by atoms with E-state index in [0.717, 1.165) is 0 Å². The minimum Gasteiger partial charge on any atom is -0.393 e. The fraction of sp³-hybridized carbons (Fsp3) is 0.444. The zero-order chi connectivity index (χ0) is 11.7. The lowest BCUT2D eigenvalue weighted by atomic mass is 10.4. The van der Waals surface area contributed by atoms with Gasteiger partial charge in [0.25, 0.3) is 0 Å². The van der Waals surface area contributed by atoms with E-state index >= 15 is 0 Å². The molecule has 0 aromatic carbocycles. The molecule has 7 heteroatoms. The van der Waals surface area contributed by atoms with Crippen molar-refractivity contribution in [1.82, 2.24) is 4.90 Å². The lowest BCUT2D eigenvalue weighted by molar-refractivity contribution is -0.0248. The van der Waals surface area contributed by atoms with E-state index in [1.54, 1.807) is 0 Å². The number of aliphatic hydroxyl groups excluding tert-OH is 1. The molecule has 0 aromatic heterocycles. The van der Waals surface area contributed by atoms with Crippen LogP contribution in [0.4, 0.5) is 4.39 Å². The third kappa shape index (κ3) is 2.06. The molecule has 1 saturated heterocycles. The molecule has 0 aromatic rings. The molecule has 1 fully saturated rings. The quantitative estimate of drug-likeness (QED) is 0.734. The van der Waals surface area contributed by atoms with E-state index in [-0.39, 0.29) is 24.1 Å². The zero-order valence-electron chi connectivity index (χ0n) is 8.47. The second-order valence-electron chi connectivity index (χ2n) is 3.33. The van der Waals surface area contributed by atoms with Gasteiger partial charge in [-0.3, -0.25) is 0 Å². The SMILES string of the molecule is C=C1N=C(N)C(F)=CN1C1CSC(CO)O1. The summed E-state index contributed by atoms with van der Waals surface area (Å²) in [5.74, 6) is 0.172. The molecule has 2 rings (SSSR count). The standard InChI is InChI=1S/C9H12FN3O2S/c1-5-12-9(11)6(10)2-13(5)7-4-16-8(3-14)15-7/h2,7-8,14H,1,3-4H2,(H2,11,12). The molecule has 2 unspecified atom stereocenters. The summed E-state index contributed by atoms with van der Waals surface area (Å²) in [6.45, 7) is 3.60. The van der Waals surface area contributed by atoms with E-state index in [2.05, 4.69) is 11.6 Å². The number of rotatable bonds is 2. The topological polar surface area (TPSA) is 71.1 Å². The number of hydrogen-bond donors (Lipinski definition) is 2. The number of nitrogens with zero attached hydrogens (tertiary/aromatic N) is 2. The van der Waals surface area contributed by atoms with Crippen molar-refractivity contribution in [3.63, 3.8) is 0 Å². The van der Waals surface area contributed by atoms with Gasteiger partial charge in [0.2, 0.25) is 0 Å². The molecule has 3 N–H and O–H groups in total. The molecule has 2 aliphatic rings. The minimum atomic E-state index is -0.603. The molecule has 2 heterocycles. The van der Waals surface area contributed by atoms with Gasteiger partial charge in [-0.1, -0.05) is 6.58 Å². The van der Waals surface area contributed by atoms with Crippen molar-refractivity contribution in [2.75, 3.05) is 12.4 Å². The number of nitrogens with two attached hydrogens (primary N) is 1. The van der Waals surface area contributed by atoms with Crippen molar-refractivity contribution in [2.45, 2.75) is 11.7 Å².